The van der Waals surface area contributed by atoms with E-state index in [1.54, 1.807) is 0 Å². The van der Waals surface area contributed by atoms with Gasteiger partial charge in [-0.1, -0.05) is 80.5 Å². The molecule has 3 aromatic heterocycles. The van der Waals surface area contributed by atoms with Gasteiger partial charge in [-0.15, -0.1) is 0 Å². The highest BCUT2D eigenvalue weighted by Gasteiger charge is 2.03. The third-order valence-electron chi connectivity index (χ3n) is 5.57. The molecule has 3 heterocycles. The first-order valence-corrected chi connectivity index (χ1v) is 12.3. The van der Waals surface area contributed by atoms with Gasteiger partial charge in [-0.25, -0.2) is 0 Å². The summed E-state index contributed by atoms with van der Waals surface area (Å²) in [5.41, 5.74) is 7.90. The number of hydrogen-bond acceptors (Lipinski definition) is 3. The topological polar surface area (TPSA) is 38.7 Å². The van der Waals surface area contributed by atoms with Gasteiger partial charge in [0, 0.05) is 37.2 Å². The van der Waals surface area contributed by atoms with E-state index in [2.05, 4.69) is 102 Å². The van der Waals surface area contributed by atoms with Crippen LogP contribution in [0.15, 0.2) is 55.4 Å². The van der Waals surface area contributed by atoms with Crippen molar-refractivity contribution in [2.75, 3.05) is 0 Å². The van der Waals surface area contributed by atoms with Crippen LogP contribution < -0.4 is 0 Å². The second-order valence-corrected chi connectivity index (χ2v) is 9.95. The lowest BCUT2D eigenvalue weighted by Gasteiger charge is -2.09. The van der Waals surface area contributed by atoms with Crippen molar-refractivity contribution < 1.29 is 0 Å². The monoisotopic (exact) mass is 447 g/mol. The van der Waals surface area contributed by atoms with Gasteiger partial charge < -0.3 is 0 Å². The van der Waals surface area contributed by atoms with Crippen molar-refractivity contribution in [1.29, 1.82) is 0 Å². The van der Waals surface area contributed by atoms with Crippen LogP contribution in [0.1, 0.15) is 119 Å². The summed E-state index contributed by atoms with van der Waals surface area (Å²) < 4.78 is 0. The highest BCUT2D eigenvalue weighted by atomic mass is 14.6. The Morgan fingerprint density at radius 3 is 1.24 bits per heavy atom. The fourth-order valence-electron chi connectivity index (χ4n) is 3.02. The number of rotatable bonds is 5. The van der Waals surface area contributed by atoms with E-state index in [4.69, 9.17) is 0 Å². The fraction of sp³-hybridized carbons (Fsp3) is 0.500. The van der Waals surface area contributed by atoms with Crippen LogP contribution in [0, 0.1) is 6.92 Å². The highest BCUT2D eigenvalue weighted by molar-refractivity contribution is 5.23. The SMILES string of the molecule is CC(C)c1cncc(C(C)C)c1.CCc1cncc(C(C)C)c1.Cc1cncc(C(C)C)c1. The zero-order valence-corrected chi connectivity index (χ0v) is 22.6. The van der Waals surface area contributed by atoms with Crippen LogP contribution in [0.5, 0.6) is 0 Å². The van der Waals surface area contributed by atoms with Gasteiger partial charge in [-0.05, 0) is 70.4 Å². The van der Waals surface area contributed by atoms with Gasteiger partial charge >= 0.3 is 0 Å². The summed E-state index contributed by atoms with van der Waals surface area (Å²) in [5, 5.41) is 0. The van der Waals surface area contributed by atoms with Crippen LogP contribution in [0.3, 0.4) is 0 Å². The maximum atomic E-state index is 4.23. The molecule has 0 atom stereocenters. The lowest BCUT2D eigenvalue weighted by atomic mass is 9.99. The van der Waals surface area contributed by atoms with Crippen molar-refractivity contribution in [3.63, 3.8) is 0 Å². The van der Waals surface area contributed by atoms with Crippen LogP contribution in [-0.4, -0.2) is 15.0 Å². The summed E-state index contributed by atoms with van der Waals surface area (Å²) in [5.74, 6) is 2.34. The predicted molar refractivity (Wildman–Crippen MR) is 143 cm³/mol. The molecule has 0 radical (unpaired) electrons. The molecule has 180 valence electrons. The van der Waals surface area contributed by atoms with Crippen molar-refractivity contribution in [3.05, 3.63) is 88.8 Å². The predicted octanol–water partition coefficient (Wildman–Crippen LogP) is 8.61. The van der Waals surface area contributed by atoms with E-state index < -0.39 is 0 Å². The number of hydrogen-bond donors (Lipinski definition) is 0. The van der Waals surface area contributed by atoms with Crippen LogP contribution in [-0.2, 0) is 6.42 Å². The average Bonchev–Trinajstić information content (AvgIpc) is 2.80. The summed E-state index contributed by atoms with van der Waals surface area (Å²) in [6.07, 6.45) is 12.7. The Kier molecular flexibility index (Phi) is 12.6. The first-order chi connectivity index (χ1) is 15.5. The van der Waals surface area contributed by atoms with Crippen molar-refractivity contribution in [2.45, 2.75) is 99.3 Å². The van der Waals surface area contributed by atoms with E-state index in [1.807, 2.05) is 37.2 Å². The lowest BCUT2D eigenvalue weighted by Crippen LogP contribution is -1.94. The maximum absolute atomic E-state index is 4.23. The Morgan fingerprint density at radius 1 is 0.515 bits per heavy atom. The van der Waals surface area contributed by atoms with Gasteiger partial charge in [0.1, 0.15) is 0 Å². The third-order valence-corrected chi connectivity index (χ3v) is 5.57. The second-order valence-electron chi connectivity index (χ2n) is 9.95. The second kappa shape index (κ2) is 14.6. The standard InChI is InChI=1S/C11H17N.C10H15N.C9H13N/c1-8(2)10-5-11(9(3)4)7-12-6-10;1-4-9-5-10(8(2)3)7-11-6-9;1-7(2)9-4-8(3)5-10-6-9/h5-9H,1-4H3;5-8H,4H2,1-3H3;4-7H,1-3H3. The molecule has 3 heteroatoms. The molecule has 0 spiro atoms. The Balaban J connectivity index is 0.000000249. The molecule has 0 bridgehead atoms. The van der Waals surface area contributed by atoms with E-state index in [0.717, 1.165) is 6.42 Å². The van der Waals surface area contributed by atoms with Crippen LogP contribution in [0.25, 0.3) is 0 Å². The van der Waals surface area contributed by atoms with Crippen molar-refractivity contribution in [2.24, 2.45) is 0 Å². The number of aryl methyl sites for hydroxylation is 2. The molecule has 0 amide bonds. The molecule has 0 aromatic carbocycles. The summed E-state index contributed by atoms with van der Waals surface area (Å²) in [7, 11) is 0. The average molecular weight is 448 g/mol. The van der Waals surface area contributed by atoms with Gasteiger partial charge in [0.15, 0.2) is 0 Å². The molecule has 33 heavy (non-hydrogen) atoms. The van der Waals surface area contributed by atoms with E-state index in [0.29, 0.717) is 23.7 Å². The number of nitrogens with zero attached hydrogens (tertiary/aromatic N) is 3. The normalized spacial score (nSPS) is 10.7. The maximum Gasteiger partial charge on any atom is 0.0302 e. The summed E-state index contributed by atoms with van der Waals surface area (Å²) in [4.78, 5) is 12.5. The molecule has 3 rings (SSSR count). The van der Waals surface area contributed by atoms with E-state index in [9.17, 15) is 0 Å². The van der Waals surface area contributed by atoms with E-state index >= 15 is 0 Å². The van der Waals surface area contributed by atoms with Crippen molar-refractivity contribution in [3.8, 4) is 0 Å². The van der Waals surface area contributed by atoms with Crippen molar-refractivity contribution in [1.82, 2.24) is 15.0 Å². The van der Waals surface area contributed by atoms with Crippen LogP contribution >= 0.6 is 0 Å². The Labute approximate surface area is 203 Å². The molecule has 0 fully saturated rings. The fourth-order valence-corrected chi connectivity index (χ4v) is 3.02. The van der Waals surface area contributed by atoms with Gasteiger partial charge in [-0.3, -0.25) is 15.0 Å². The zero-order chi connectivity index (χ0) is 25.0. The molecule has 3 aromatic rings. The molecule has 0 saturated heterocycles. The minimum Gasteiger partial charge on any atom is -0.264 e. The first-order valence-electron chi connectivity index (χ1n) is 12.3. The molecule has 3 nitrogen and oxygen atoms in total. The van der Waals surface area contributed by atoms with Gasteiger partial charge in [0.2, 0.25) is 0 Å². The Bertz CT molecular complexity index is 919. The largest absolute Gasteiger partial charge is 0.264 e. The molecular weight excluding hydrogens is 402 g/mol. The molecule has 0 N–H and O–H groups in total. The zero-order valence-electron chi connectivity index (χ0n) is 22.6. The molecule has 0 aliphatic carbocycles. The molecule has 0 aliphatic heterocycles. The lowest BCUT2D eigenvalue weighted by molar-refractivity contribution is 0.820. The van der Waals surface area contributed by atoms with Gasteiger partial charge in [0.25, 0.3) is 0 Å². The Hall–Kier alpha value is -2.55. The van der Waals surface area contributed by atoms with Crippen LogP contribution in [0.4, 0.5) is 0 Å². The minimum atomic E-state index is 0.580. The molecule has 0 saturated carbocycles. The molecule has 0 aliphatic rings. The number of aromatic nitrogens is 3. The van der Waals surface area contributed by atoms with Crippen molar-refractivity contribution >= 4 is 0 Å². The minimum absolute atomic E-state index is 0.580. The highest BCUT2D eigenvalue weighted by Crippen LogP contribution is 2.19. The number of pyridine rings is 3. The van der Waals surface area contributed by atoms with Gasteiger partial charge in [0.05, 0.1) is 0 Å². The van der Waals surface area contributed by atoms with Gasteiger partial charge in [-0.2, -0.15) is 0 Å². The quantitative estimate of drug-likeness (QED) is 0.393. The summed E-state index contributed by atoms with van der Waals surface area (Å²) in [6, 6.07) is 6.66. The van der Waals surface area contributed by atoms with Crippen LogP contribution in [0.2, 0.25) is 0 Å². The first kappa shape index (κ1) is 28.5. The third kappa shape index (κ3) is 10.7. The van der Waals surface area contributed by atoms with E-state index in [-0.39, 0.29) is 0 Å². The molecule has 0 unspecified atom stereocenters. The summed E-state index contributed by atoms with van der Waals surface area (Å²) >= 11 is 0. The molecular formula is C30H45N3. The smallest absolute Gasteiger partial charge is 0.0302 e. The summed E-state index contributed by atoms with van der Waals surface area (Å²) in [6.45, 7) is 21.7. The van der Waals surface area contributed by atoms with E-state index in [1.165, 1.54) is 33.4 Å². The Morgan fingerprint density at radius 2 is 0.879 bits per heavy atom.